The lowest BCUT2D eigenvalue weighted by molar-refractivity contribution is 0.0656. The molecule has 6 heteroatoms. The largest absolute Gasteiger partial charge is 0.335 e. The highest BCUT2D eigenvalue weighted by molar-refractivity contribution is 5.94. The summed E-state index contributed by atoms with van der Waals surface area (Å²) in [6.45, 7) is 11.1. The molecule has 0 saturated carbocycles. The second kappa shape index (κ2) is 8.15. The van der Waals surface area contributed by atoms with Gasteiger partial charge in [-0.1, -0.05) is 13.0 Å². The Balaban J connectivity index is 1.83. The van der Waals surface area contributed by atoms with Crippen molar-refractivity contribution in [2.75, 3.05) is 39.8 Å². The zero-order valence-electron chi connectivity index (χ0n) is 15.6. The van der Waals surface area contributed by atoms with E-state index in [0.717, 1.165) is 65.0 Å². The van der Waals surface area contributed by atoms with Gasteiger partial charge in [0.2, 0.25) is 0 Å². The molecule has 0 radical (unpaired) electrons. The number of aryl methyl sites for hydroxylation is 1. The van der Waals surface area contributed by atoms with Crippen LogP contribution in [0.2, 0.25) is 0 Å². The van der Waals surface area contributed by atoms with E-state index < -0.39 is 0 Å². The van der Waals surface area contributed by atoms with Crippen molar-refractivity contribution in [3.8, 4) is 0 Å². The fraction of sp³-hybridized carbons (Fsp3) is 0.684. The van der Waals surface area contributed by atoms with Crippen LogP contribution in [0.3, 0.4) is 0 Å². The van der Waals surface area contributed by atoms with Gasteiger partial charge in [0.25, 0.3) is 5.91 Å². The van der Waals surface area contributed by atoms with Crippen LogP contribution in [0.25, 0.3) is 0 Å². The lowest BCUT2D eigenvalue weighted by Gasteiger charge is -2.32. The lowest BCUT2D eigenvalue weighted by Crippen LogP contribution is -2.47. The van der Waals surface area contributed by atoms with Crippen LogP contribution in [0.4, 0.5) is 0 Å². The maximum Gasteiger partial charge on any atom is 0.274 e. The number of piperazine rings is 1. The first kappa shape index (κ1) is 18.1. The molecule has 1 aliphatic heterocycles. The number of hydrogen-bond donors (Lipinski definition) is 1. The van der Waals surface area contributed by atoms with Gasteiger partial charge >= 0.3 is 0 Å². The van der Waals surface area contributed by atoms with E-state index in [4.69, 9.17) is 5.10 Å². The SMILES string of the molecule is C=CCNC1CCc2c(c(C(=O)N3CCN(C)CC3)nn2CCC)C1. The summed E-state index contributed by atoms with van der Waals surface area (Å²) in [6, 6.07) is 0.406. The van der Waals surface area contributed by atoms with Crippen LogP contribution in [-0.2, 0) is 19.4 Å². The smallest absolute Gasteiger partial charge is 0.274 e. The zero-order chi connectivity index (χ0) is 17.8. The van der Waals surface area contributed by atoms with Gasteiger partial charge in [0, 0.05) is 56.6 Å². The molecule has 1 unspecified atom stereocenters. The summed E-state index contributed by atoms with van der Waals surface area (Å²) in [5.41, 5.74) is 3.14. The number of aromatic nitrogens is 2. The minimum absolute atomic E-state index is 0.114. The molecule has 2 aliphatic rings. The normalized spacial score (nSPS) is 21.2. The maximum atomic E-state index is 13.1. The Morgan fingerprint density at radius 3 is 2.80 bits per heavy atom. The van der Waals surface area contributed by atoms with Crippen molar-refractivity contribution in [1.82, 2.24) is 24.9 Å². The van der Waals surface area contributed by atoms with E-state index >= 15 is 0 Å². The van der Waals surface area contributed by atoms with Gasteiger partial charge in [-0.15, -0.1) is 6.58 Å². The highest BCUT2D eigenvalue weighted by atomic mass is 16.2. The lowest BCUT2D eigenvalue weighted by atomic mass is 9.91. The highest BCUT2D eigenvalue weighted by Crippen LogP contribution is 2.26. The summed E-state index contributed by atoms with van der Waals surface area (Å²) >= 11 is 0. The van der Waals surface area contributed by atoms with Gasteiger partial charge in [0.15, 0.2) is 5.69 Å². The Kier molecular flexibility index (Phi) is 5.91. The molecule has 1 aromatic heterocycles. The van der Waals surface area contributed by atoms with Gasteiger partial charge in [-0.05, 0) is 32.7 Å². The molecule has 1 aliphatic carbocycles. The Labute approximate surface area is 150 Å². The molecule has 6 nitrogen and oxygen atoms in total. The number of carbonyl (C=O) groups is 1. The van der Waals surface area contributed by atoms with E-state index in [1.807, 2.05) is 11.0 Å². The number of hydrogen-bond acceptors (Lipinski definition) is 4. The number of amides is 1. The Morgan fingerprint density at radius 1 is 1.36 bits per heavy atom. The summed E-state index contributed by atoms with van der Waals surface area (Å²) in [7, 11) is 2.11. The van der Waals surface area contributed by atoms with Crippen LogP contribution >= 0.6 is 0 Å². The number of carbonyl (C=O) groups excluding carboxylic acids is 1. The van der Waals surface area contributed by atoms with E-state index in [1.165, 1.54) is 11.3 Å². The molecule has 1 amide bonds. The number of rotatable bonds is 6. The summed E-state index contributed by atoms with van der Waals surface area (Å²) in [4.78, 5) is 17.4. The fourth-order valence-electron chi connectivity index (χ4n) is 3.84. The molecular formula is C19H31N5O. The molecular weight excluding hydrogens is 314 g/mol. The van der Waals surface area contributed by atoms with Crippen molar-refractivity contribution >= 4 is 5.91 Å². The average Bonchev–Trinajstić information content (AvgIpc) is 2.98. The minimum atomic E-state index is 0.114. The number of nitrogens with zero attached hydrogens (tertiary/aromatic N) is 4. The van der Waals surface area contributed by atoms with Crippen molar-refractivity contribution < 1.29 is 4.79 Å². The molecule has 25 heavy (non-hydrogen) atoms. The third kappa shape index (κ3) is 3.96. The number of fused-ring (bicyclic) bond motifs is 1. The van der Waals surface area contributed by atoms with E-state index in [1.54, 1.807) is 0 Å². The third-order valence-electron chi connectivity index (χ3n) is 5.33. The second-order valence-corrected chi connectivity index (χ2v) is 7.23. The first-order valence-electron chi connectivity index (χ1n) is 9.54. The van der Waals surface area contributed by atoms with Gasteiger partial charge in [-0.25, -0.2) is 0 Å². The first-order valence-corrected chi connectivity index (χ1v) is 9.54. The monoisotopic (exact) mass is 345 g/mol. The number of nitrogens with one attached hydrogen (secondary N) is 1. The molecule has 138 valence electrons. The van der Waals surface area contributed by atoms with Gasteiger partial charge in [0.05, 0.1) is 0 Å². The van der Waals surface area contributed by atoms with Crippen LogP contribution in [-0.4, -0.2) is 71.3 Å². The molecule has 2 heterocycles. The molecule has 0 bridgehead atoms. The summed E-state index contributed by atoms with van der Waals surface area (Å²) < 4.78 is 2.09. The van der Waals surface area contributed by atoms with Gasteiger partial charge in [0.1, 0.15) is 0 Å². The van der Waals surface area contributed by atoms with E-state index in [-0.39, 0.29) is 5.91 Å². The van der Waals surface area contributed by atoms with Gasteiger partial charge in [-0.3, -0.25) is 9.48 Å². The van der Waals surface area contributed by atoms with Crippen molar-refractivity contribution in [3.63, 3.8) is 0 Å². The second-order valence-electron chi connectivity index (χ2n) is 7.23. The highest BCUT2D eigenvalue weighted by Gasteiger charge is 2.31. The molecule has 3 rings (SSSR count). The maximum absolute atomic E-state index is 13.1. The molecule has 1 aromatic rings. The molecule has 1 saturated heterocycles. The molecule has 1 fully saturated rings. The van der Waals surface area contributed by atoms with Gasteiger partial charge in [-0.2, -0.15) is 5.10 Å². The summed E-state index contributed by atoms with van der Waals surface area (Å²) in [6.07, 6.45) is 5.91. The predicted molar refractivity (Wildman–Crippen MR) is 99.9 cm³/mol. The molecule has 1 N–H and O–H groups in total. The summed E-state index contributed by atoms with van der Waals surface area (Å²) in [5.74, 6) is 0.114. The standard InChI is InChI=1S/C19H31N5O/c1-4-8-20-15-6-7-17-16(14-15)18(21-24(17)9-5-2)19(25)23-12-10-22(3)11-13-23/h4,15,20H,1,5-14H2,2-3H3. The van der Waals surface area contributed by atoms with E-state index in [2.05, 4.69) is 35.4 Å². The van der Waals surface area contributed by atoms with E-state index in [9.17, 15) is 4.79 Å². The predicted octanol–water partition coefficient (Wildman–Crippen LogP) is 1.31. The van der Waals surface area contributed by atoms with Crippen molar-refractivity contribution in [2.24, 2.45) is 0 Å². The summed E-state index contributed by atoms with van der Waals surface area (Å²) in [5, 5.41) is 8.27. The average molecular weight is 345 g/mol. The van der Waals surface area contributed by atoms with Gasteiger partial charge < -0.3 is 15.1 Å². The Morgan fingerprint density at radius 2 is 2.12 bits per heavy atom. The van der Waals surface area contributed by atoms with Crippen LogP contribution in [0.5, 0.6) is 0 Å². The minimum Gasteiger partial charge on any atom is -0.335 e. The third-order valence-corrected chi connectivity index (χ3v) is 5.33. The van der Waals surface area contributed by atoms with Crippen LogP contribution in [0.15, 0.2) is 12.7 Å². The number of likely N-dealkylation sites (N-methyl/N-ethyl adjacent to an activating group) is 1. The topological polar surface area (TPSA) is 53.4 Å². The van der Waals surface area contributed by atoms with Crippen LogP contribution in [0, 0.1) is 0 Å². The van der Waals surface area contributed by atoms with E-state index in [0.29, 0.717) is 11.7 Å². The zero-order valence-corrected chi connectivity index (χ0v) is 15.6. The van der Waals surface area contributed by atoms with Crippen molar-refractivity contribution in [2.45, 2.75) is 45.2 Å². The Bertz CT molecular complexity index is 616. The first-order chi connectivity index (χ1) is 12.1. The van der Waals surface area contributed by atoms with Crippen molar-refractivity contribution in [1.29, 1.82) is 0 Å². The quantitative estimate of drug-likeness (QED) is 0.790. The van der Waals surface area contributed by atoms with Crippen LogP contribution < -0.4 is 5.32 Å². The molecule has 1 atom stereocenters. The fourth-order valence-corrected chi connectivity index (χ4v) is 3.84. The van der Waals surface area contributed by atoms with Crippen LogP contribution in [0.1, 0.15) is 41.5 Å². The van der Waals surface area contributed by atoms with Crippen molar-refractivity contribution in [3.05, 3.63) is 29.6 Å². The Hall–Kier alpha value is -1.66. The molecule has 0 spiro atoms. The molecule has 0 aromatic carbocycles.